The van der Waals surface area contributed by atoms with Crippen molar-refractivity contribution in [3.05, 3.63) is 53.6 Å². The van der Waals surface area contributed by atoms with Crippen LogP contribution in [-0.2, 0) is 0 Å². The molecule has 1 saturated heterocycles. The first kappa shape index (κ1) is 15.4. The largest absolute Gasteiger partial charge is 0.495 e. The van der Waals surface area contributed by atoms with Gasteiger partial charge in [0.1, 0.15) is 5.75 Å². The normalized spacial score (nSPS) is 13.9. The van der Waals surface area contributed by atoms with E-state index in [2.05, 4.69) is 10.2 Å². The number of ether oxygens (including phenoxy) is 1. The Hall–Kier alpha value is -2.49. The Balaban J connectivity index is 1.85. The van der Waals surface area contributed by atoms with Gasteiger partial charge in [-0.25, -0.2) is 0 Å². The van der Waals surface area contributed by atoms with E-state index in [4.69, 9.17) is 4.74 Å². The second kappa shape index (κ2) is 6.73. The van der Waals surface area contributed by atoms with Crippen LogP contribution in [0.15, 0.2) is 42.5 Å². The molecule has 2 aromatic rings. The maximum atomic E-state index is 12.5. The summed E-state index contributed by atoms with van der Waals surface area (Å²) in [7, 11) is 1.62. The summed E-state index contributed by atoms with van der Waals surface area (Å²) in [6.07, 6.45) is 2.44. The number of methoxy groups -OCH3 is 1. The van der Waals surface area contributed by atoms with E-state index in [-0.39, 0.29) is 5.91 Å². The van der Waals surface area contributed by atoms with Gasteiger partial charge >= 0.3 is 0 Å². The van der Waals surface area contributed by atoms with Crippen LogP contribution in [-0.4, -0.2) is 26.1 Å². The maximum absolute atomic E-state index is 12.5. The highest BCUT2D eigenvalue weighted by atomic mass is 16.5. The standard InChI is InChI=1S/C19H22N2O2/c1-14-6-5-7-15(12-14)19(22)20-17-13-16(8-9-18(17)23-2)21-10-3-4-11-21/h5-9,12-13H,3-4,10-11H2,1-2H3,(H,20,22). The minimum Gasteiger partial charge on any atom is -0.495 e. The quantitative estimate of drug-likeness (QED) is 0.932. The number of nitrogens with one attached hydrogen (secondary N) is 1. The highest BCUT2D eigenvalue weighted by molar-refractivity contribution is 6.05. The highest BCUT2D eigenvalue weighted by Crippen LogP contribution is 2.31. The van der Waals surface area contributed by atoms with Crippen molar-refractivity contribution in [2.45, 2.75) is 19.8 Å². The molecule has 0 aliphatic carbocycles. The van der Waals surface area contributed by atoms with Crippen LogP contribution in [0.5, 0.6) is 5.75 Å². The van der Waals surface area contributed by atoms with Gasteiger partial charge in [0.25, 0.3) is 5.91 Å². The Morgan fingerprint density at radius 1 is 1.13 bits per heavy atom. The number of rotatable bonds is 4. The monoisotopic (exact) mass is 310 g/mol. The summed E-state index contributed by atoms with van der Waals surface area (Å²) >= 11 is 0. The lowest BCUT2D eigenvalue weighted by atomic mass is 10.1. The van der Waals surface area contributed by atoms with Gasteiger partial charge in [0.15, 0.2) is 0 Å². The molecular formula is C19H22N2O2. The molecule has 0 atom stereocenters. The molecule has 0 spiro atoms. The summed E-state index contributed by atoms with van der Waals surface area (Å²) < 4.78 is 5.39. The number of nitrogens with zero attached hydrogens (tertiary/aromatic N) is 1. The number of carbonyl (C=O) groups excluding carboxylic acids is 1. The Kier molecular flexibility index (Phi) is 4.51. The molecule has 1 amide bonds. The topological polar surface area (TPSA) is 41.6 Å². The van der Waals surface area contributed by atoms with Crippen LogP contribution in [0.1, 0.15) is 28.8 Å². The number of carbonyl (C=O) groups is 1. The van der Waals surface area contributed by atoms with Gasteiger partial charge in [-0.2, -0.15) is 0 Å². The van der Waals surface area contributed by atoms with Gasteiger partial charge in [-0.3, -0.25) is 4.79 Å². The first-order valence-electron chi connectivity index (χ1n) is 7.98. The van der Waals surface area contributed by atoms with E-state index >= 15 is 0 Å². The molecule has 4 nitrogen and oxygen atoms in total. The van der Waals surface area contributed by atoms with Gasteiger partial charge in [0.05, 0.1) is 12.8 Å². The SMILES string of the molecule is COc1ccc(N2CCCC2)cc1NC(=O)c1cccc(C)c1. The third kappa shape index (κ3) is 3.47. The first-order chi connectivity index (χ1) is 11.2. The summed E-state index contributed by atoms with van der Waals surface area (Å²) in [6, 6.07) is 13.5. The number of benzene rings is 2. The van der Waals surface area contributed by atoms with Gasteiger partial charge in [0, 0.05) is 24.3 Å². The summed E-state index contributed by atoms with van der Waals surface area (Å²) in [5.74, 6) is 0.555. The van der Waals surface area contributed by atoms with E-state index in [1.807, 2.05) is 49.4 Å². The van der Waals surface area contributed by atoms with Crippen LogP contribution in [0.25, 0.3) is 0 Å². The predicted octanol–water partition coefficient (Wildman–Crippen LogP) is 3.86. The van der Waals surface area contributed by atoms with E-state index < -0.39 is 0 Å². The zero-order valence-electron chi connectivity index (χ0n) is 13.6. The molecule has 0 radical (unpaired) electrons. The molecule has 0 unspecified atom stereocenters. The molecule has 120 valence electrons. The number of aryl methyl sites for hydroxylation is 1. The van der Waals surface area contributed by atoms with Crippen LogP contribution >= 0.6 is 0 Å². The van der Waals surface area contributed by atoms with Crippen LogP contribution in [0.2, 0.25) is 0 Å². The number of hydrogen-bond acceptors (Lipinski definition) is 3. The minimum atomic E-state index is -0.120. The lowest BCUT2D eigenvalue weighted by molar-refractivity contribution is 0.102. The molecule has 0 saturated carbocycles. The van der Waals surface area contributed by atoms with Crippen molar-refractivity contribution in [1.29, 1.82) is 0 Å². The van der Waals surface area contributed by atoms with Crippen molar-refractivity contribution >= 4 is 17.3 Å². The summed E-state index contributed by atoms with van der Waals surface area (Å²) in [4.78, 5) is 14.8. The summed E-state index contributed by atoms with van der Waals surface area (Å²) in [6.45, 7) is 4.11. The smallest absolute Gasteiger partial charge is 0.255 e. The third-order valence-corrected chi connectivity index (χ3v) is 4.18. The third-order valence-electron chi connectivity index (χ3n) is 4.18. The average Bonchev–Trinajstić information content (AvgIpc) is 3.09. The van der Waals surface area contributed by atoms with E-state index in [0.29, 0.717) is 17.0 Å². The fraction of sp³-hybridized carbons (Fsp3) is 0.316. The van der Waals surface area contributed by atoms with Crippen molar-refractivity contribution < 1.29 is 9.53 Å². The molecule has 1 aliphatic heterocycles. The van der Waals surface area contributed by atoms with E-state index in [1.165, 1.54) is 12.8 Å². The molecule has 0 bridgehead atoms. The molecule has 0 aromatic heterocycles. The number of anilines is 2. The average molecular weight is 310 g/mol. The molecule has 1 N–H and O–H groups in total. The van der Waals surface area contributed by atoms with Crippen molar-refractivity contribution in [3.8, 4) is 5.75 Å². The van der Waals surface area contributed by atoms with Crippen LogP contribution < -0.4 is 15.0 Å². The predicted molar refractivity (Wildman–Crippen MR) is 93.6 cm³/mol. The van der Waals surface area contributed by atoms with Crippen LogP contribution in [0.4, 0.5) is 11.4 Å². The van der Waals surface area contributed by atoms with Gasteiger partial charge < -0.3 is 15.0 Å². The van der Waals surface area contributed by atoms with Crippen molar-refractivity contribution in [2.75, 3.05) is 30.4 Å². The van der Waals surface area contributed by atoms with Crippen LogP contribution in [0.3, 0.4) is 0 Å². The fourth-order valence-electron chi connectivity index (χ4n) is 2.95. The van der Waals surface area contributed by atoms with E-state index in [1.54, 1.807) is 7.11 Å². The maximum Gasteiger partial charge on any atom is 0.255 e. The fourth-order valence-corrected chi connectivity index (χ4v) is 2.95. The molecule has 23 heavy (non-hydrogen) atoms. The van der Waals surface area contributed by atoms with Crippen LogP contribution in [0, 0.1) is 6.92 Å². The lowest BCUT2D eigenvalue weighted by Gasteiger charge is -2.20. The number of hydrogen-bond donors (Lipinski definition) is 1. The van der Waals surface area contributed by atoms with Gasteiger partial charge in [-0.15, -0.1) is 0 Å². The molecule has 1 fully saturated rings. The summed E-state index contributed by atoms with van der Waals surface area (Å²) in [5, 5.41) is 2.98. The molecule has 2 aromatic carbocycles. The number of amides is 1. The Labute approximate surface area is 137 Å². The molecule has 1 aliphatic rings. The lowest BCUT2D eigenvalue weighted by Crippen LogP contribution is -2.18. The van der Waals surface area contributed by atoms with Crippen molar-refractivity contribution in [2.24, 2.45) is 0 Å². The molecule has 4 heteroatoms. The first-order valence-corrected chi connectivity index (χ1v) is 7.98. The van der Waals surface area contributed by atoms with Crippen molar-refractivity contribution in [1.82, 2.24) is 0 Å². The molecule has 1 heterocycles. The van der Waals surface area contributed by atoms with Gasteiger partial charge in [-0.1, -0.05) is 17.7 Å². The van der Waals surface area contributed by atoms with Gasteiger partial charge in [0.2, 0.25) is 0 Å². The van der Waals surface area contributed by atoms with Crippen molar-refractivity contribution in [3.63, 3.8) is 0 Å². The van der Waals surface area contributed by atoms with Gasteiger partial charge in [-0.05, 0) is 50.1 Å². The molecular weight excluding hydrogens is 288 g/mol. The highest BCUT2D eigenvalue weighted by Gasteiger charge is 2.16. The Morgan fingerprint density at radius 2 is 1.91 bits per heavy atom. The Morgan fingerprint density at radius 3 is 2.61 bits per heavy atom. The van der Waals surface area contributed by atoms with E-state index in [0.717, 1.165) is 24.3 Å². The second-order valence-electron chi connectivity index (χ2n) is 5.90. The Bertz CT molecular complexity index is 706. The zero-order valence-corrected chi connectivity index (χ0v) is 13.6. The van der Waals surface area contributed by atoms with E-state index in [9.17, 15) is 4.79 Å². The molecule has 3 rings (SSSR count). The minimum absolute atomic E-state index is 0.120. The second-order valence-corrected chi connectivity index (χ2v) is 5.90. The summed E-state index contributed by atoms with van der Waals surface area (Å²) in [5.41, 5.74) is 3.56. The zero-order chi connectivity index (χ0) is 16.2.